The third kappa shape index (κ3) is 9.88. The van der Waals surface area contributed by atoms with E-state index in [2.05, 4.69) is 45.1 Å². The van der Waals surface area contributed by atoms with Crippen LogP contribution in [0.5, 0.6) is 0 Å². The molecule has 2 unspecified atom stereocenters. The summed E-state index contributed by atoms with van der Waals surface area (Å²) in [5, 5.41) is 15.1. The van der Waals surface area contributed by atoms with Gasteiger partial charge in [0.2, 0.25) is 47.3 Å². The summed E-state index contributed by atoms with van der Waals surface area (Å²) in [7, 11) is 3.13. The van der Waals surface area contributed by atoms with E-state index in [1.807, 2.05) is 0 Å². The number of nitrogens with zero attached hydrogens (tertiary/aromatic N) is 2. The third-order valence-electron chi connectivity index (χ3n) is 6.54. The van der Waals surface area contributed by atoms with Crippen LogP contribution in [0.2, 0.25) is 0 Å². The van der Waals surface area contributed by atoms with Crippen molar-refractivity contribution in [3.05, 3.63) is 24.8 Å². The van der Waals surface area contributed by atoms with E-state index in [1.54, 1.807) is 21.0 Å². The molecule has 2 heterocycles. The largest absolute Gasteiger partial charge is 0.313 e. The third-order valence-corrected chi connectivity index (χ3v) is 6.54. The van der Waals surface area contributed by atoms with Crippen LogP contribution in [0, 0.1) is 5.92 Å². The van der Waals surface area contributed by atoms with Crippen LogP contribution < -0.4 is 31.9 Å². The van der Waals surface area contributed by atoms with Crippen LogP contribution in [0.25, 0.3) is 0 Å². The topological polar surface area (TPSA) is 215 Å². The molecule has 230 valence electrons. The fourth-order valence-corrected chi connectivity index (χ4v) is 4.38. The van der Waals surface area contributed by atoms with Crippen molar-refractivity contribution in [1.82, 2.24) is 41.7 Å². The number of likely N-dealkylation sites (tertiary alicyclic amines) is 2. The number of carbonyl (C=O) groups excluding carboxylic acids is 8. The van der Waals surface area contributed by atoms with Crippen LogP contribution in [0.15, 0.2) is 24.8 Å². The Morgan fingerprint density at radius 2 is 1.02 bits per heavy atom. The van der Waals surface area contributed by atoms with Gasteiger partial charge < -0.3 is 31.9 Å². The number of hydrogen-bond acceptors (Lipinski definition) is 10. The summed E-state index contributed by atoms with van der Waals surface area (Å²) in [4.78, 5) is 98.9. The predicted molar refractivity (Wildman–Crippen MR) is 147 cm³/mol. The number of carbonyl (C=O) groups is 8. The van der Waals surface area contributed by atoms with E-state index in [1.165, 1.54) is 0 Å². The lowest BCUT2D eigenvalue weighted by Gasteiger charge is -2.16. The van der Waals surface area contributed by atoms with Crippen LogP contribution in [-0.4, -0.2) is 96.3 Å². The highest BCUT2D eigenvalue weighted by molar-refractivity contribution is 6.06. The summed E-state index contributed by atoms with van der Waals surface area (Å²) in [6.07, 6.45) is -0.469. The molecule has 2 aliphatic heterocycles. The highest BCUT2D eigenvalue weighted by Crippen LogP contribution is 2.14. The Kier molecular flexibility index (Phi) is 12.5. The maximum absolute atomic E-state index is 12.3. The first-order valence-corrected chi connectivity index (χ1v) is 13.4. The van der Waals surface area contributed by atoms with Crippen molar-refractivity contribution in [3.8, 4) is 0 Å². The molecule has 16 nitrogen and oxygen atoms in total. The molecule has 0 spiro atoms. The van der Waals surface area contributed by atoms with E-state index >= 15 is 0 Å². The summed E-state index contributed by atoms with van der Waals surface area (Å²) in [5.41, 5.74) is 0. The highest BCUT2D eigenvalue weighted by atomic mass is 16.2. The Labute approximate surface area is 243 Å². The first-order valence-electron chi connectivity index (χ1n) is 13.4. The zero-order chi connectivity index (χ0) is 31.6. The van der Waals surface area contributed by atoms with Crippen LogP contribution in [0.3, 0.4) is 0 Å². The van der Waals surface area contributed by atoms with Gasteiger partial charge in [-0.2, -0.15) is 0 Å². The van der Waals surface area contributed by atoms with Crippen molar-refractivity contribution in [2.75, 3.05) is 27.2 Å². The molecule has 0 aromatic heterocycles. The van der Waals surface area contributed by atoms with Crippen LogP contribution >= 0.6 is 0 Å². The molecule has 2 aliphatic rings. The van der Waals surface area contributed by atoms with E-state index in [-0.39, 0.29) is 75.1 Å². The number of hydrogen-bond donors (Lipinski definition) is 6. The van der Waals surface area contributed by atoms with Crippen molar-refractivity contribution < 1.29 is 38.4 Å². The van der Waals surface area contributed by atoms with Crippen LogP contribution in [0.4, 0.5) is 0 Å². The second-order valence-electron chi connectivity index (χ2n) is 10.0. The van der Waals surface area contributed by atoms with Gasteiger partial charge in [-0.05, 0) is 20.0 Å². The first kappa shape index (κ1) is 33.8. The van der Waals surface area contributed by atoms with Gasteiger partial charge in [-0.1, -0.05) is 20.1 Å². The number of amides is 8. The van der Waals surface area contributed by atoms with Crippen molar-refractivity contribution in [3.63, 3.8) is 0 Å². The van der Waals surface area contributed by atoms with E-state index in [9.17, 15) is 38.4 Å². The maximum atomic E-state index is 12.3. The molecule has 2 fully saturated rings. The van der Waals surface area contributed by atoms with Crippen molar-refractivity contribution in [2.24, 2.45) is 5.92 Å². The molecule has 2 rings (SSSR count). The average Bonchev–Trinajstić information content (AvgIpc) is 3.32. The maximum Gasteiger partial charge on any atom is 0.246 e. The Bertz CT molecular complexity index is 1080. The Morgan fingerprint density at radius 3 is 1.33 bits per heavy atom. The molecule has 0 radical (unpaired) electrons. The minimum absolute atomic E-state index is 0.0294. The molecule has 0 aromatic rings. The summed E-state index contributed by atoms with van der Waals surface area (Å²) in [6.45, 7) is 8.57. The lowest BCUT2D eigenvalue weighted by atomic mass is 10.0. The molecular formula is C26H38N8O8. The molecule has 0 aliphatic carbocycles. The number of rotatable bonds is 16. The molecule has 6 N–H and O–H groups in total. The van der Waals surface area contributed by atoms with Gasteiger partial charge in [-0.25, -0.2) is 0 Å². The minimum Gasteiger partial charge on any atom is -0.313 e. The first-order chi connectivity index (χ1) is 19.7. The van der Waals surface area contributed by atoms with E-state index in [4.69, 9.17) is 0 Å². The SMILES string of the molecule is C=C(NC(=O)CCN1C(=O)CC(NC)C1=O)NC(=O)CC(C)CC(=O)NC(=C)NC(=O)CCN1C(=O)CC(NC)C1=O. The lowest BCUT2D eigenvalue weighted by molar-refractivity contribution is -0.141. The van der Waals surface area contributed by atoms with E-state index < -0.39 is 53.4 Å². The van der Waals surface area contributed by atoms with Gasteiger partial charge in [-0.3, -0.25) is 48.2 Å². The molecule has 16 heteroatoms. The van der Waals surface area contributed by atoms with Gasteiger partial charge in [0.25, 0.3) is 0 Å². The quantitative estimate of drug-likeness (QED) is 0.102. The normalized spacial score (nSPS) is 19.0. The van der Waals surface area contributed by atoms with Crippen LogP contribution in [-0.2, 0) is 38.4 Å². The van der Waals surface area contributed by atoms with Crippen molar-refractivity contribution in [2.45, 2.75) is 57.5 Å². The summed E-state index contributed by atoms with van der Waals surface area (Å²) < 4.78 is 0. The summed E-state index contributed by atoms with van der Waals surface area (Å²) in [5.74, 6) is -4.31. The number of nitrogens with one attached hydrogen (secondary N) is 6. The molecular weight excluding hydrogens is 552 g/mol. The smallest absolute Gasteiger partial charge is 0.246 e. The van der Waals surface area contributed by atoms with Crippen molar-refractivity contribution >= 4 is 47.3 Å². The standard InChI is InChI=1S/C26H38N8O8/c1-14(10-21(37)31-15(2)29-19(35)6-8-33-23(39)12-17(27-4)25(33)41)11-22(38)32-16(3)30-20(36)7-9-34-24(40)13-18(28-5)26(34)42/h14,17-18,27-28H,2-3,6-13H2,1,4-5H3,(H,29,35)(H,30,36)(H,31,37)(H,32,38). The molecule has 8 amide bonds. The second kappa shape index (κ2) is 15.5. The van der Waals surface area contributed by atoms with Gasteiger partial charge in [-0.15, -0.1) is 0 Å². The monoisotopic (exact) mass is 590 g/mol. The van der Waals surface area contributed by atoms with Gasteiger partial charge in [0.15, 0.2) is 0 Å². The lowest BCUT2D eigenvalue weighted by Crippen LogP contribution is -2.40. The van der Waals surface area contributed by atoms with Gasteiger partial charge in [0, 0.05) is 38.8 Å². The average molecular weight is 591 g/mol. The van der Waals surface area contributed by atoms with E-state index in [0.717, 1.165) is 9.80 Å². The molecule has 2 saturated heterocycles. The summed E-state index contributed by atoms with van der Waals surface area (Å²) >= 11 is 0. The van der Waals surface area contributed by atoms with Gasteiger partial charge in [0.1, 0.15) is 11.6 Å². The van der Waals surface area contributed by atoms with E-state index in [0.29, 0.717) is 0 Å². The molecule has 0 saturated carbocycles. The second-order valence-corrected chi connectivity index (χ2v) is 10.0. The Balaban J connectivity index is 1.64. The zero-order valence-corrected chi connectivity index (χ0v) is 24.0. The van der Waals surface area contributed by atoms with Gasteiger partial charge >= 0.3 is 0 Å². The Morgan fingerprint density at radius 1 is 0.690 bits per heavy atom. The highest BCUT2D eigenvalue weighted by Gasteiger charge is 2.38. The molecule has 42 heavy (non-hydrogen) atoms. The van der Waals surface area contributed by atoms with Crippen LogP contribution in [0.1, 0.15) is 45.4 Å². The molecule has 2 atom stereocenters. The van der Waals surface area contributed by atoms with Crippen molar-refractivity contribution in [1.29, 1.82) is 0 Å². The summed E-state index contributed by atoms with van der Waals surface area (Å²) in [6, 6.07) is -1.21. The fourth-order valence-electron chi connectivity index (χ4n) is 4.38. The van der Waals surface area contributed by atoms with Gasteiger partial charge in [0.05, 0.1) is 24.9 Å². The fraction of sp³-hybridized carbons (Fsp3) is 0.538. The number of imide groups is 2. The Hall–Kier alpha value is -4.44. The minimum atomic E-state index is -0.603. The predicted octanol–water partition coefficient (Wildman–Crippen LogP) is -2.72. The molecule has 0 aromatic carbocycles. The molecule has 0 bridgehead atoms. The zero-order valence-electron chi connectivity index (χ0n) is 24.0. The number of likely N-dealkylation sites (N-methyl/N-ethyl adjacent to an activating group) is 2.